The van der Waals surface area contributed by atoms with E-state index in [9.17, 15) is 9.18 Å². The van der Waals surface area contributed by atoms with Gasteiger partial charge in [-0.15, -0.1) is 0 Å². The third-order valence-corrected chi connectivity index (χ3v) is 5.10. The summed E-state index contributed by atoms with van der Waals surface area (Å²) < 4.78 is 14.5. The van der Waals surface area contributed by atoms with Gasteiger partial charge in [0.15, 0.2) is 0 Å². The molecule has 3 aromatic carbocycles. The molecule has 0 saturated carbocycles. The van der Waals surface area contributed by atoms with Crippen LogP contribution in [0.3, 0.4) is 0 Å². The van der Waals surface area contributed by atoms with Gasteiger partial charge in [-0.2, -0.15) is 5.10 Å². The third-order valence-electron chi connectivity index (χ3n) is 5.10. The molecule has 28 heavy (non-hydrogen) atoms. The molecule has 0 atom stereocenters. The molecule has 0 bridgehead atoms. The van der Waals surface area contributed by atoms with Crippen LogP contribution in [-0.2, 0) is 11.2 Å². The minimum Gasteiger partial charge on any atom is -0.325 e. The topological polar surface area (TPSA) is 44.7 Å². The predicted molar refractivity (Wildman–Crippen MR) is 112 cm³/mol. The number of hydrogen-bond acceptors (Lipinski definition) is 3. The molecule has 0 radical (unpaired) electrons. The Morgan fingerprint density at radius 3 is 2.39 bits per heavy atom. The number of aryl methyl sites for hydroxylation is 1. The predicted octanol–water partition coefficient (Wildman–Crippen LogP) is 5.01. The molecule has 140 valence electrons. The molecule has 1 amide bonds. The van der Waals surface area contributed by atoms with Crippen molar-refractivity contribution in [3.63, 3.8) is 0 Å². The zero-order valence-corrected chi connectivity index (χ0v) is 15.8. The highest BCUT2D eigenvalue weighted by Gasteiger charge is 2.20. The Morgan fingerprint density at radius 2 is 1.71 bits per heavy atom. The Balaban J connectivity index is 1.65. The number of carbonyl (C=O) groups excluding carboxylic acids is 1. The van der Waals surface area contributed by atoms with Crippen LogP contribution in [0.5, 0.6) is 0 Å². The van der Waals surface area contributed by atoms with Gasteiger partial charge in [0.1, 0.15) is 5.82 Å². The van der Waals surface area contributed by atoms with Crippen LogP contribution in [0.2, 0.25) is 0 Å². The summed E-state index contributed by atoms with van der Waals surface area (Å²) in [6.45, 7) is 5.58. The maximum atomic E-state index is 14.5. The van der Waals surface area contributed by atoms with Gasteiger partial charge in [-0.05, 0) is 59.0 Å². The number of halogens is 1. The molecule has 5 heteroatoms. The number of carbonyl (C=O) groups is 1. The van der Waals surface area contributed by atoms with Crippen molar-refractivity contribution >= 4 is 24.0 Å². The van der Waals surface area contributed by atoms with E-state index in [-0.39, 0.29) is 11.7 Å². The summed E-state index contributed by atoms with van der Waals surface area (Å²) in [7, 11) is 1.86. The molecular weight excluding hydrogens is 353 g/mol. The molecule has 0 unspecified atom stereocenters. The summed E-state index contributed by atoms with van der Waals surface area (Å²) >= 11 is 0. The van der Waals surface area contributed by atoms with E-state index in [0.29, 0.717) is 17.7 Å². The van der Waals surface area contributed by atoms with Gasteiger partial charge in [0.2, 0.25) is 5.91 Å². The van der Waals surface area contributed by atoms with Crippen LogP contribution < -0.4 is 10.3 Å². The first-order chi connectivity index (χ1) is 13.5. The first kappa shape index (κ1) is 17.9. The zero-order valence-electron chi connectivity index (χ0n) is 15.8. The summed E-state index contributed by atoms with van der Waals surface area (Å²) in [5.41, 5.74) is 6.91. The molecule has 0 aromatic heterocycles. The second-order valence-electron chi connectivity index (χ2n) is 6.96. The molecule has 0 spiro atoms. The average molecular weight is 373 g/mol. The molecule has 3 aromatic rings. The van der Waals surface area contributed by atoms with Gasteiger partial charge in [0.05, 0.1) is 12.1 Å². The maximum absolute atomic E-state index is 14.5. The summed E-state index contributed by atoms with van der Waals surface area (Å²) in [5.74, 6) is -0.438. The number of fused-ring (bicyclic) bond motifs is 1. The lowest BCUT2D eigenvalue weighted by Crippen LogP contribution is -2.08. The lowest BCUT2D eigenvalue weighted by atomic mass is 9.97. The van der Waals surface area contributed by atoms with Gasteiger partial charge < -0.3 is 5.32 Å². The van der Waals surface area contributed by atoms with Crippen molar-refractivity contribution in [1.29, 1.82) is 0 Å². The largest absolute Gasteiger partial charge is 0.325 e. The maximum Gasteiger partial charge on any atom is 0.228 e. The second-order valence-corrected chi connectivity index (χ2v) is 6.96. The zero-order chi connectivity index (χ0) is 19.8. The molecule has 4 nitrogen and oxygen atoms in total. The third kappa shape index (κ3) is 3.16. The summed E-state index contributed by atoms with van der Waals surface area (Å²) in [4.78, 5) is 11.5. The molecule has 0 aliphatic carbocycles. The van der Waals surface area contributed by atoms with Gasteiger partial charge in [-0.3, -0.25) is 9.80 Å². The first-order valence-electron chi connectivity index (χ1n) is 9.00. The van der Waals surface area contributed by atoms with Gasteiger partial charge in [-0.25, -0.2) is 4.39 Å². The van der Waals surface area contributed by atoms with E-state index >= 15 is 0 Å². The minimum absolute atomic E-state index is 0.0991. The highest BCUT2D eigenvalue weighted by molar-refractivity contribution is 5.99. The standard InChI is InChI=1S/C23H20FN3O/c1-14-10-17(8-9-22(14)27(3)25-2)15-4-6-16(7-5-15)19-11-18-12-23(28)26-21(18)13-20(19)24/h4-11,13H,2,12H2,1,3H3,(H,26,28). The molecular formula is C23H20FN3O. The number of rotatable bonds is 4. The summed E-state index contributed by atoms with van der Waals surface area (Å²) in [5, 5.41) is 8.34. The molecule has 1 aliphatic rings. The fraction of sp³-hybridized carbons (Fsp3) is 0.130. The van der Waals surface area contributed by atoms with E-state index in [1.165, 1.54) is 6.07 Å². The van der Waals surface area contributed by atoms with Gasteiger partial charge in [0, 0.05) is 25.0 Å². The number of anilines is 2. The normalized spacial score (nSPS) is 12.5. The molecule has 4 rings (SSSR count). The smallest absolute Gasteiger partial charge is 0.228 e. The molecule has 0 saturated heterocycles. The van der Waals surface area contributed by atoms with Crippen LogP contribution in [-0.4, -0.2) is 19.7 Å². The number of nitrogens with zero attached hydrogens (tertiary/aromatic N) is 2. The van der Waals surface area contributed by atoms with E-state index in [1.807, 2.05) is 50.4 Å². The minimum atomic E-state index is -0.339. The monoisotopic (exact) mass is 373 g/mol. The van der Waals surface area contributed by atoms with Crippen molar-refractivity contribution in [2.24, 2.45) is 5.10 Å². The van der Waals surface area contributed by atoms with E-state index in [0.717, 1.165) is 33.5 Å². The fourth-order valence-electron chi connectivity index (χ4n) is 3.59. The molecule has 1 aliphatic heterocycles. The average Bonchev–Trinajstić information content (AvgIpc) is 3.05. The molecule has 1 heterocycles. The molecule has 1 N–H and O–H groups in total. The van der Waals surface area contributed by atoms with Crippen molar-refractivity contribution in [3.05, 3.63) is 71.5 Å². The Morgan fingerprint density at radius 1 is 1.04 bits per heavy atom. The second kappa shape index (κ2) is 6.93. The van der Waals surface area contributed by atoms with Crippen molar-refractivity contribution in [3.8, 4) is 22.3 Å². The van der Waals surface area contributed by atoms with Crippen molar-refractivity contribution in [2.45, 2.75) is 13.3 Å². The van der Waals surface area contributed by atoms with Crippen LogP contribution >= 0.6 is 0 Å². The Labute approximate surface area is 163 Å². The van der Waals surface area contributed by atoms with Crippen LogP contribution in [0, 0.1) is 12.7 Å². The number of hydrogen-bond donors (Lipinski definition) is 1. The number of amides is 1. The van der Waals surface area contributed by atoms with Gasteiger partial charge in [-0.1, -0.05) is 30.3 Å². The number of hydrazone groups is 1. The van der Waals surface area contributed by atoms with E-state index in [2.05, 4.69) is 23.2 Å². The molecule has 0 fully saturated rings. The number of nitrogens with one attached hydrogen (secondary N) is 1. The van der Waals surface area contributed by atoms with E-state index < -0.39 is 0 Å². The lowest BCUT2D eigenvalue weighted by molar-refractivity contribution is -0.115. The van der Waals surface area contributed by atoms with Gasteiger partial charge in [0.25, 0.3) is 0 Å². The lowest BCUT2D eigenvalue weighted by Gasteiger charge is -2.16. The first-order valence-corrected chi connectivity index (χ1v) is 9.00. The van der Waals surface area contributed by atoms with Crippen LogP contribution in [0.15, 0.2) is 59.7 Å². The van der Waals surface area contributed by atoms with E-state index in [4.69, 9.17) is 0 Å². The quantitative estimate of drug-likeness (QED) is 0.516. The Hall–Kier alpha value is -3.47. The highest BCUT2D eigenvalue weighted by Crippen LogP contribution is 2.33. The van der Waals surface area contributed by atoms with Crippen molar-refractivity contribution < 1.29 is 9.18 Å². The van der Waals surface area contributed by atoms with Crippen molar-refractivity contribution in [2.75, 3.05) is 17.4 Å². The van der Waals surface area contributed by atoms with Crippen LogP contribution in [0.4, 0.5) is 15.8 Å². The van der Waals surface area contributed by atoms with E-state index in [1.54, 1.807) is 11.1 Å². The Bertz CT molecular complexity index is 1090. The summed E-state index contributed by atoms with van der Waals surface area (Å²) in [6, 6.07) is 17.1. The SMILES string of the molecule is C=NN(C)c1ccc(-c2ccc(-c3cc4c(cc3F)NC(=O)C4)cc2)cc1C. The van der Waals surface area contributed by atoms with Gasteiger partial charge >= 0.3 is 0 Å². The van der Waals surface area contributed by atoms with Crippen LogP contribution in [0.25, 0.3) is 22.3 Å². The fourth-order valence-corrected chi connectivity index (χ4v) is 3.59. The van der Waals surface area contributed by atoms with Crippen molar-refractivity contribution in [1.82, 2.24) is 0 Å². The number of benzene rings is 3. The highest BCUT2D eigenvalue weighted by atomic mass is 19.1. The Kier molecular flexibility index (Phi) is 4.43. The summed E-state index contributed by atoms with van der Waals surface area (Å²) in [6.07, 6.45) is 0.292. The van der Waals surface area contributed by atoms with Crippen LogP contribution in [0.1, 0.15) is 11.1 Å².